The monoisotopic (exact) mass is 196 g/mol. The molecule has 1 saturated carbocycles. The first kappa shape index (κ1) is 12.8. The SMILES string of the molecule is CC1CCCC(N=C=O)C1.CN=C=O. The molecule has 0 heterocycles. The van der Waals surface area contributed by atoms with Crippen molar-refractivity contribution in [2.75, 3.05) is 7.05 Å². The van der Waals surface area contributed by atoms with Gasteiger partial charge < -0.3 is 0 Å². The molecule has 0 spiro atoms. The third-order valence-corrected chi connectivity index (χ3v) is 2.24. The summed E-state index contributed by atoms with van der Waals surface area (Å²) in [5.41, 5.74) is 0. The molecule has 0 aromatic rings. The number of isocyanates is 2. The molecule has 0 radical (unpaired) electrons. The summed E-state index contributed by atoms with van der Waals surface area (Å²) in [6, 6.07) is 0.279. The van der Waals surface area contributed by atoms with E-state index < -0.39 is 0 Å². The lowest BCUT2D eigenvalue weighted by Gasteiger charge is -2.21. The second-order valence-corrected chi connectivity index (χ2v) is 3.46. The zero-order chi connectivity index (χ0) is 10.8. The fourth-order valence-electron chi connectivity index (χ4n) is 1.59. The maximum atomic E-state index is 9.89. The number of rotatable bonds is 1. The average Bonchev–Trinajstić information content (AvgIpc) is 2.19. The molecule has 0 aromatic heterocycles. The standard InChI is InChI=1S/C8H13NO.C2H3NO/c1-7-3-2-4-8(5-7)9-6-10;1-3-2-4/h7-8H,2-5H2,1H3;1H3. The summed E-state index contributed by atoms with van der Waals surface area (Å²) in [5.74, 6) is 0.746. The molecule has 0 aromatic carbocycles. The molecule has 0 saturated heterocycles. The van der Waals surface area contributed by atoms with Crippen LogP contribution in [-0.2, 0) is 9.59 Å². The van der Waals surface area contributed by atoms with Crippen molar-refractivity contribution in [2.24, 2.45) is 15.9 Å². The van der Waals surface area contributed by atoms with E-state index in [4.69, 9.17) is 4.79 Å². The number of carbonyl (C=O) groups excluding carboxylic acids is 2. The quantitative estimate of drug-likeness (QED) is 0.474. The summed E-state index contributed by atoms with van der Waals surface area (Å²) in [5, 5.41) is 0. The van der Waals surface area contributed by atoms with Crippen molar-refractivity contribution < 1.29 is 9.59 Å². The van der Waals surface area contributed by atoms with Crippen LogP contribution < -0.4 is 0 Å². The molecule has 1 aliphatic rings. The van der Waals surface area contributed by atoms with Crippen LogP contribution in [-0.4, -0.2) is 25.2 Å². The van der Waals surface area contributed by atoms with Crippen molar-refractivity contribution in [3.8, 4) is 0 Å². The van der Waals surface area contributed by atoms with Gasteiger partial charge in [0.2, 0.25) is 12.2 Å². The van der Waals surface area contributed by atoms with Crippen LogP contribution in [0.25, 0.3) is 0 Å². The molecular weight excluding hydrogens is 180 g/mol. The van der Waals surface area contributed by atoms with Crippen LogP contribution >= 0.6 is 0 Å². The van der Waals surface area contributed by atoms with E-state index >= 15 is 0 Å². The Hall–Kier alpha value is -1.24. The molecular formula is C10H16N2O2. The predicted octanol–water partition coefficient (Wildman–Crippen LogP) is 1.85. The van der Waals surface area contributed by atoms with Crippen molar-refractivity contribution in [3.63, 3.8) is 0 Å². The highest BCUT2D eigenvalue weighted by molar-refractivity contribution is 5.33. The molecule has 4 heteroatoms. The highest BCUT2D eigenvalue weighted by Crippen LogP contribution is 2.25. The lowest BCUT2D eigenvalue weighted by atomic mass is 9.87. The van der Waals surface area contributed by atoms with Gasteiger partial charge >= 0.3 is 0 Å². The van der Waals surface area contributed by atoms with E-state index in [1.54, 1.807) is 6.08 Å². The van der Waals surface area contributed by atoms with Crippen LogP contribution in [0.4, 0.5) is 0 Å². The van der Waals surface area contributed by atoms with Crippen LogP contribution in [0.3, 0.4) is 0 Å². The highest BCUT2D eigenvalue weighted by Gasteiger charge is 2.17. The number of nitrogens with zero attached hydrogens (tertiary/aromatic N) is 2. The van der Waals surface area contributed by atoms with Gasteiger partial charge in [-0.05, 0) is 18.8 Å². The molecule has 0 bridgehead atoms. The fourth-order valence-corrected chi connectivity index (χ4v) is 1.59. The molecule has 1 fully saturated rings. The topological polar surface area (TPSA) is 58.9 Å². The summed E-state index contributed by atoms with van der Waals surface area (Å²) < 4.78 is 0. The Bertz CT molecular complexity index is 241. The minimum atomic E-state index is 0.279. The lowest BCUT2D eigenvalue weighted by Crippen LogP contribution is -2.15. The highest BCUT2D eigenvalue weighted by atomic mass is 16.1. The minimum absolute atomic E-state index is 0.279. The first-order chi connectivity index (χ1) is 6.74. The molecule has 0 aliphatic heterocycles. The van der Waals surface area contributed by atoms with E-state index in [0.717, 1.165) is 18.8 Å². The second-order valence-electron chi connectivity index (χ2n) is 3.46. The van der Waals surface area contributed by atoms with E-state index in [1.165, 1.54) is 26.0 Å². The Morgan fingerprint density at radius 2 is 1.86 bits per heavy atom. The van der Waals surface area contributed by atoms with Gasteiger partial charge in [0, 0.05) is 7.05 Å². The Morgan fingerprint density at radius 1 is 1.21 bits per heavy atom. The van der Waals surface area contributed by atoms with Crippen molar-refractivity contribution in [1.82, 2.24) is 0 Å². The summed E-state index contributed by atoms with van der Waals surface area (Å²) >= 11 is 0. The Kier molecular flexibility index (Phi) is 7.62. The Balaban J connectivity index is 0.000000364. The summed E-state index contributed by atoms with van der Waals surface area (Å²) in [6.07, 6.45) is 7.62. The van der Waals surface area contributed by atoms with Crippen LogP contribution in [0.15, 0.2) is 9.98 Å². The number of aliphatic imine (C=N–C) groups is 2. The number of hydrogen-bond acceptors (Lipinski definition) is 4. The normalized spacial score (nSPS) is 24.7. The number of hydrogen-bond donors (Lipinski definition) is 0. The van der Waals surface area contributed by atoms with E-state index in [9.17, 15) is 4.79 Å². The van der Waals surface area contributed by atoms with E-state index in [2.05, 4.69) is 16.9 Å². The molecule has 1 aliphatic carbocycles. The largest absolute Gasteiger partial charge is 0.235 e. The molecule has 14 heavy (non-hydrogen) atoms. The fraction of sp³-hybridized carbons (Fsp3) is 0.800. The predicted molar refractivity (Wildman–Crippen MR) is 53.6 cm³/mol. The van der Waals surface area contributed by atoms with Gasteiger partial charge in [0.1, 0.15) is 0 Å². The molecule has 4 nitrogen and oxygen atoms in total. The molecule has 2 atom stereocenters. The maximum absolute atomic E-state index is 9.89. The first-order valence-electron chi connectivity index (χ1n) is 4.77. The summed E-state index contributed by atoms with van der Waals surface area (Å²) in [6.45, 7) is 2.21. The van der Waals surface area contributed by atoms with Gasteiger partial charge in [-0.3, -0.25) is 0 Å². The van der Waals surface area contributed by atoms with E-state index in [-0.39, 0.29) is 6.04 Å². The zero-order valence-electron chi connectivity index (χ0n) is 8.69. The van der Waals surface area contributed by atoms with Crippen LogP contribution in [0.1, 0.15) is 32.6 Å². The van der Waals surface area contributed by atoms with E-state index in [1.807, 2.05) is 0 Å². The Morgan fingerprint density at radius 3 is 2.29 bits per heavy atom. The Labute approximate surface area is 84.1 Å². The molecule has 0 N–H and O–H groups in total. The van der Waals surface area contributed by atoms with Gasteiger partial charge in [-0.1, -0.05) is 19.8 Å². The lowest BCUT2D eigenvalue weighted by molar-refractivity contribution is 0.345. The van der Waals surface area contributed by atoms with Crippen LogP contribution in [0.5, 0.6) is 0 Å². The van der Waals surface area contributed by atoms with E-state index in [0.29, 0.717) is 0 Å². The van der Waals surface area contributed by atoms with Gasteiger partial charge in [-0.15, -0.1) is 0 Å². The maximum Gasteiger partial charge on any atom is 0.235 e. The third kappa shape index (κ3) is 6.30. The van der Waals surface area contributed by atoms with Crippen molar-refractivity contribution >= 4 is 12.2 Å². The zero-order valence-corrected chi connectivity index (χ0v) is 8.69. The van der Waals surface area contributed by atoms with Gasteiger partial charge in [0.15, 0.2) is 0 Å². The van der Waals surface area contributed by atoms with Gasteiger partial charge in [0.25, 0.3) is 0 Å². The van der Waals surface area contributed by atoms with Crippen LogP contribution in [0.2, 0.25) is 0 Å². The molecule has 1 rings (SSSR count). The molecule has 0 amide bonds. The summed E-state index contributed by atoms with van der Waals surface area (Å²) in [7, 11) is 1.38. The van der Waals surface area contributed by atoms with Gasteiger partial charge in [0.05, 0.1) is 6.04 Å². The van der Waals surface area contributed by atoms with Gasteiger partial charge in [-0.2, -0.15) is 0 Å². The average molecular weight is 196 g/mol. The van der Waals surface area contributed by atoms with Crippen molar-refractivity contribution in [3.05, 3.63) is 0 Å². The van der Waals surface area contributed by atoms with Crippen molar-refractivity contribution in [1.29, 1.82) is 0 Å². The smallest absolute Gasteiger partial charge is 0.211 e. The van der Waals surface area contributed by atoms with Crippen LogP contribution in [0, 0.1) is 5.92 Å². The second kappa shape index (κ2) is 8.36. The van der Waals surface area contributed by atoms with Crippen molar-refractivity contribution in [2.45, 2.75) is 38.6 Å². The van der Waals surface area contributed by atoms with Gasteiger partial charge in [-0.25, -0.2) is 19.6 Å². The summed E-state index contributed by atoms with van der Waals surface area (Å²) in [4.78, 5) is 25.4. The third-order valence-electron chi connectivity index (χ3n) is 2.24. The minimum Gasteiger partial charge on any atom is -0.211 e. The first-order valence-corrected chi connectivity index (χ1v) is 4.77. The molecule has 78 valence electrons. The molecule has 2 unspecified atom stereocenters.